The molecule has 0 aliphatic carbocycles. The van der Waals surface area contributed by atoms with Crippen molar-refractivity contribution in [3.63, 3.8) is 0 Å². The average Bonchev–Trinajstić information content (AvgIpc) is 1.85. The van der Waals surface area contributed by atoms with Gasteiger partial charge in [-0.2, -0.15) is 0 Å². The van der Waals surface area contributed by atoms with Crippen LogP contribution < -0.4 is 0 Å². The van der Waals surface area contributed by atoms with Crippen molar-refractivity contribution in [1.82, 2.24) is 0 Å². The van der Waals surface area contributed by atoms with E-state index in [0.29, 0.717) is 11.8 Å². The second kappa shape index (κ2) is 7.12. The minimum absolute atomic E-state index is 0.228. The van der Waals surface area contributed by atoms with E-state index in [1.807, 2.05) is 0 Å². The van der Waals surface area contributed by atoms with Gasteiger partial charge in [0.1, 0.15) is 0 Å². The Hall–Kier alpha value is 0.452. The quantitative estimate of drug-likeness (QED) is 0.451. The minimum atomic E-state index is -0.228. The molecule has 64 valence electrons. The molecule has 0 rings (SSSR count). The maximum atomic E-state index is 5.31. The van der Waals surface area contributed by atoms with Gasteiger partial charge >= 0.3 is 76.2 Å². The number of hydrogen-bond donors (Lipinski definition) is 0. The molecule has 0 N–H and O–H groups in total. The third-order valence-corrected chi connectivity index (χ3v) is 1.65. The maximum absolute atomic E-state index is 5.31. The first-order chi connectivity index (χ1) is 5.13. The van der Waals surface area contributed by atoms with Crippen LogP contribution in [0.25, 0.3) is 0 Å². The first-order valence-electron chi connectivity index (χ1n) is 4.17. The van der Waals surface area contributed by atoms with Crippen molar-refractivity contribution in [3.8, 4) is 0 Å². The fourth-order valence-corrected chi connectivity index (χ4v) is 1.53. The van der Waals surface area contributed by atoms with Gasteiger partial charge in [0.25, 0.3) is 0 Å². The van der Waals surface area contributed by atoms with Crippen molar-refractivity contribution in [3.05, 3.63) is 0 Å². The standard InChI is InChI=1S/2C4H9O.Al/c2*1-4(2)3-5;/h2*4H,3H2,1-2H3;/q2*-1;+3. The molecule has 0 aliphatic rings. The van der Waals surface area contributed by atoms with Gasteiger partial charge in [-0.3, -0.25) is 0 Å². The Kier molecular flexibility index (Phi) is 7.41. The van der Waals surface area contributed by atoms with E-state index in [-0.39, 0.29) is 15.9 Å². The van der Waals surface area contributed by atoms with Gasteiger partial charge in [0.15, 0.2) is 0 Å². The van der Waals surface area contributed by atoms with E-state index >= 15 is 0 Å². The zero-order valence-corrected chi connectivity index (χ0v) is 9.12. The fourth-order valence-electron chi connectivity index (χ4n) is 0.512. The first kappa shape index (κ1) is 11.5. The molecular weight excluding hydrogens is 155 g/mol. The SMILES string of the molecule is CC(C)C[O][Al+][O]CC(C)C. The third kappa shape index (κ3) is 10.5. The van der Waals surface area contributed by atoms with Crippen molar-refractivity contribution in [2.75, 3.05) is 13.2 Å². The number of rotatable bonds is 6. The van der Waals surface area contributed by atoms with Gasteiger partial charge in [0.2, 0.25) is 0 Å². The molecule has 0 aliphatic heterocycles. The second-order valence-corrected chi connectivity index (χ2v) is 4.41. The van der Waals surface area contributed by atoms with Crippen LogP contribution >= 0.6 is 0 Å². The average molecular weight is 173 g/mol. The summed E-state index contributed by atoms with van der Waals surface area (Å²) in [7, 11) is 0. The molecule has 0 radical (unpaired) electrons. The molecule has 0 aromatic rings. The van der Waals surface area contributed by atoms with Crippen LogP contribution in [0.15, 0.2) is 0 Å². The Bertz CT molecular complexity index is 74.2. The van der Waals surface area contributed by atoms with Gasteiger partial charge in [-0.25, -0.2) is 0 Å². The van der Waals surface area contributed by atoms with Crippen molar-refractivity contribution in [2.24, 2.45) is 11.8 Å². The Morgan fingerprint density at radius 3 is 1.55 bits per heavy atom. The van der Waals surface area contributed by atoms with Crippen LogP contribution in [0.3, 0.4) is 0 Å². The van der Waals surface area contributed by atoms with Crippen LogP contribution in [0.5, 0.6) is 0 Å². The van der Waals surface area contributed by atoms with Gasteiger partial charge < -0.3 is 0 Å². The molecule has 11 heavy (non-hydrogen) atoms. The van der Waals surface area contributed by atoms with E-state index < -0.39 is 0 Å². The Labute approximate surface area is 76.7 Å². The molecule has 0 amide bonds. The van der Waals surface area contributed by atoms with Gasteiger partial charge in [-0.1, -0.05) is 0 Å². The second-order valence-electron chi connectivity index (χ2n) is 3.55. The van der Waals surface area contributed by atoms with E-state index in [4.69, 9.17) is 7.58 Å². The molecule has 3 heteroatoms. The molecule has 0 saturated carbocycles. The molecule has 0 atom stereocenters. The van der Waals surface area contributed by atoms with Crippen molar-refractivity contribution < 1.29 is 7.58 Å². The normalized spacial score (nSPS) is 10.7. The molecule has 2 nitrogen and oxygen atoms in total. The van der Waals surface area contributed by atoms with Crippen LogP contribution in [-0.2, 0) is 7.58 Å². The molecular formula is C8H18AlO2+. The van der Waals surface area contributed by atoms with Gasteiger partial charge in [0.05, 0.1) is 0 Å². The fraction of sp³-hybridized carbons (Fsp3) is 1.00. The van der Waals surface area contributed by atoms with E-state index in [2.05, 4.69) is 27.7 Å². The zero-order valence-electron chi connectivity index (χ0n) is 7.96. The summed E-state index contributed by atoms with van der Waals surface area (Å²) in [6.07, 6.45) is 0. The third-order valence-electron chi connectivity index (χ3n) is 0.995. The summed E-state index contributed by atoms with van der Waals surface area (Å²) in [5, 5.41) is 0. The molecule has 0 heterocycles. The van der Waals surface area contributed by atoms with Gasteiger partial charge in [-0.05, 0) is 0 Å². The summed E-state index contributed by atoms with van der Waals surface area (Å²) >= 11 is -0.228. The van der Waals surface area contributed by atoms with Crippen LogP contribution in [0, 0.1) is 11.8 Å². The monoisotopic (exact) mass is 173 g/mol. The zero-order chi connectivity index (χ0) is 8.69. The van der Waals surface area contributed by atoms with Gasteiger partial charge in [0, 0.05) is 0 Å². The Morgan fingerprint density at radius 2 is 1.27 bits per heavy atom. The molecule has 0 spiro atoms. The predicted molar refractivity (Wildman–Crippen MR) is 47.3 cm³/mol. The molecule has 0 aromatic heterocycles. The summed E-state index contributed by atoms with van der Waals surface area (Å²) in [6.45, 7) is 10.2. The van der Waals surface area contributed by atoms with E-state index in [9.17, 15) is 0 Å². The van der Waals surface area contributed by atoms with E-state index in [0.717, 1.165) is 13.2 Å². The molecule has 0 unspecified atom stereocenters. The summed E-state index contributed by atoms with van der Waals surface area (Å²) < 4.78 is 10.6. The summed E-state index contributed by atoms with van der Waals surface area (Å²) in [6, 6.07) is 0. The van der Waals surface area contributed by atoms with Crippen molar-refractivity contribution in [2.45, 2.75) is 27.7 Å². The van der Waals surface area contributed by atoms with Crippen LogP contribution in [0.4, 0.5) is 0 Å². The molecule has 0 bridgehead atoms. The summed E-state index contributed by atoms with van der Waals surface area (Å²) in [5.74, 6) is 1.23. The van der Waals surface area contributed by atoms with Crippen molar-refractivity contribution in [1.29, 1.82) is 0 Å². The Balaban J connectivity index is 2.91. The first-order valence-corrected chi connectivity index (χ1v) is 5.12. The molecule has 0 saturated heterocycles. The molecule has 0 fully saturated rings. The Morgan fingerprint density at radius 1 is 0.909 bits per heavy atom. The predicted octanol–water partition coefficient (Wildman–Crippen LogP) is 1.87. The summed E-state index contributed by atoms with van der Waals surface area (Å²) in [4.78, 5) is 0. The topological polar surface area (TPSA) is 18.5 Å². The van der Waals surface area contributed by atoms with Crippen LogP contribution in [-0.4, -0.2) is 29.1 Å². The van der Waals surface area contributed by atoms with E-state index in [1.54, 1.807) is 0 Å². The summed E-state index contributed by atoms with van der Waals surface area (Å²) in [5.41, 5.74) is 0. The molecule has 0 aromatic carbocycles. The van der Waals surface area contributed by atoms with Gasteiger partial charge in [-0.15, -0.1) is 0 Å². The van der Waals surface area contributed by atoms with E-state index in [1.165, 1.54) is 0 Å². The van der Waals surface area contributed by atoms with Crippen LogP contribution in [0.1, 0.15) is 27.7 Å². The van der Waals surface area contributed by atoms with Crippen molar-refractivity contribution >= 4 is 15.9 Å². The number of hydrogen-bond acceptors (Lipinski definition) is 2. The van der Waals surface area contributed by atoms with Crippen LogP contribution in [0.2, 0.25) is 0 Å².